The van der Waals surface area contributed by atoms with E-state index >= 15 is 0 Å². The summed E-state index contributed by atoms with van der Waals surface area (Å²) in [5.41, 5.74) is 10.6. The van der Waals surface area contributed by atoms with Crippen LogP contribution in [0.3, 0.4) is 0 Å². The third-order valence-corrected chi connectivity index (χ3v) is 4.32. The Labute approximate surface area is 157 Å². The average molecular weight is 404 g/mol. The molecule has 0 aliphatic heterocycles. The van der Waals surface area contributed by atoms with Crippen molar-refractivity contribution in [1.29, 1.82) is 0 Å². The summed E-state index contributed by atoms with van der Waals surface area (Å²) in [5.74, 6) is -7.82. The molecule has 2 rings (SSSR count). The second-order valence-electron chi connectivity index (χ2n) is 6.24. The van der Waals surface area contributed by atoms with Gasteiger partial charge < -0.3 is 11.5 Å². The minimum atomic E-state index is -5.19. The molecule has 0 saturated carbocycles. The minimum absolute atomic E-state index is 0.0452. The molecule has 0 saturated heterocycles. The number of rotatable bonds is 6. The Kier molecular flexibility index (Phi) is 6.51. The van der Waals surface area contributed by atoms with Crippen molar-refractivity contribution in [3.8, 4) is 0 Å². The highest BCUT2D eigenvalue weighted by atomic mass is 19.4. The van der Waals surface area contributed by atoms with E-state index < -0.39 is 41.1 Å². The van der Waals surface area contributed by atoms with Gasteiger partial charge in [-0.05, 0) is 22.3 Å². The van der Waals surface area contributed by atoms with Crippen LogP contribution in [-0.4, -0.2) is 18.1 Å². The van der Waals surface area contributed by atoms with Gasteiger partial charge >= 0.3 is 12.4 Å². The van der Waals surface area contributed by atoms with Crippen molar-refractivity contribution >= 4 is 5.78 Å². The topological polar surface area (TPSA) is 69.1 Å². The van der Waals surface area contributed by atoms with Crippen LogP contribution in [0.2, 0.25) is 0 Å². The summed E-state index contributed by atoms with van der Waals surface area (Å²) in [6.07, 6.45) is -10.4. The van der Waals surface area contributed by atoms with Gasteiger partial charge in [-0.2, -0.15) is 26.3 Å². The zero-order chi connectivity index (χ0) is 21.1. The van der Waals surface area contributed by atoms with Crippen molar-refractivity contribution in [3.63, 3.8) is 0 Å². The van der Waals surface area contributed by atoms with E-state index in [-0.39, 0.29) is 13.1 Å². The summed E-state index contributed by atoms with van der Waals surface area (Å²) in [6, 6.07) is 8.90. The molecule has 0 spiro atoms. The Morgan fingerprint density at radius 2 is 0.964 bits per heavy atom. The van der Waals surface area contributed by atoms with E-state index in [9.17, 15) is 31.1 Å². The van der Waals surface area contributed by atoms with Gasteiger partial charge in [0.1, 0.15) is 11.8 Å². The number of carbonyl (C=O) groups is 1. The van der Waals surface area contributed by atoms with E-state index in [0.29, 0.717) is 11.1 Å². The van der Waals surface area contributed by atoms with Crippen molar-refractivity contribution in [2.75, 3.05) is 0 Å². The normalized spacial score (nSPS) is 14.6. The Morgan fingerprint density at radius 1 is 0.679 bits per heavy atom. The molecular weight excluding hydrogens is 386 g/mol. The number of alkyl halides is 6. The number of Topliss-reactive ketones (excluding diaryl/α,β-unsaturated/α-hetero) is 1. The molecule has 0 aromatic heterocycles. The first-order valence-electron chi connectivity index (χ1n) is 8.24. The molecule has 0 amide bonds. The highest BCUT2D eigenvalue weighted by Gasteiger charge is 2.55. The third-order valence-electron chi connectivity index (χ3n) is 4.32. The lowest BCUT2D eigenvalue weighted by molar-refractivity contribution is -0.183. The average Bonchev–Trinajstić information content (AvgIpc) is 2.61. The summed E-state index contributed by atoms with van der Waals surface area (Å²) >= 11 is 0. The Bertz CT molecular complexity index is 730. The highest BCUT2D eigenvalue weighted by Crippen LogP contribution is 2.44. The summed E-state index contributed by atoms with van der Waals surface area (Å²) in [4.78, 5) is 12.6. The maximum absolute atomic E-state index is 13.6. The molecule has 3 nitrogen and oxygen atoms in total. The molecule has 4 N–H and O–H groups in total. The largest absolute Gasteiger partial charge is 0.402 e. The predicted molar refractivity (Wildman–Crippen MR) is 91.3 cm³/mol. The van der Waals surface area contributed by atoms with Gasteiger partial charge in [0.15, 0.2) is 5.78 Å². The van der Waals surface area contributed by atoms with Crippen LogP contribution in [0.15, 0.2) is 48.5 Å². The van der Waals surface area contributed by atoms with E-state index in [1.165, 1.54) is 24.3 Å². The van der Waals surface area contributed by atoms with Crippen molar-refractivity contribution in [2.24, 2.45) is 11.5 Å². The quantitative estimate of drug-likeness (QED) is 0.711. The molecule has 0 bridgehead atoms. The molecule has 9 heteroatoms. The van der Waals surface area contributed by atoms with Gasteiger partial charge in [0.2, 0.25) is 0 Å². The monoisotopic (exact) mass is 404 g/mol. The maximum atomic E-state index is 13.6. The lowest BCUT2D eigenvalue weighted by atomic mass is 9.82. The summed E-state index contributed by atoms with van der Waals surface area (Å²) in [6.45, 7) is 0.0904. The third kappa shape index (κ3) is 4.90. The van der Waals surface area contributed by atoms with E-state index in [1.54, 1.807) is 0 Å². The molecule has 0 aliphatic rings. The van der Waals surface area contributed by atoms with Crippen LogP contribution in [0.4, 0.5) is 26.3 Å². The van der Waals surface area contributed by atoms with Gasteiger partial charge in [-0.1, -0.05) is 48.5 Å². The summed E-state index contributed by atoms with van der Waals surface area (Å²) < 4.78 is 81.6. The number of ketones is 1. The zero-order valence-corrected chi connectivity index (χ0v) is 14.5. The lowest BCUT2D eigenvalue weighted by Crippen LogP contribution is -2.38. The number of halogens is 6. The smallest absolute Gasteiger partial charge is 0.326 e. The van der Waals surface area contributed by atoms with E-state index in [2.05, 4.69) is 0 Å². The van der Waals surface area contributed by atoms with E-state index in [0.717, 1.165) is 24.3 Å². The first kappa shape index (κ1) is 21.9. The molecule has 2 atom stereocenters. The first-order valence-corrected chi connectivity index (χ1v) is 8.24. The fraction of sp³-hybridized carbons (Fsp3) is 0.316. The molecule has 2 aromatic rings. The molecule has 28 heavy (non-hydrogen) atoms. The van der Waals surface area contributed by atoms with E-state index in [1.807, 2.05) is 0 Å². The van der Waals surface area contributed by atoms with Crippen LogP contribution in [0.1, 0.15) is 34.1 Å². The van der Waals surface area contributed by atoms with Crippen LogP contribution in [-0.2, 0) is 17.9 Å². The highest BCUT2D eigenvalue weighted by molar-refractivity contribution is 5.93. The van der Waals surface area contributed by atoms with Crippen molar-refractivity contribution in [2.45, 2.75) is 37.3 Å². The molecule has 2 aromatic carbocycles. The second-order valence-corrected chi connectivity index (χ2v) is 6.24. The Balaban J connectivity index is 2.53. The maximum Gasteiger partial charge on any atom is 0.402 e. The Morgan fingerprint density at radius 3 is 1.18 bits per heavy atom. The predicted octanol–water partition coefficient (Wildman–Crippen LogP) is 4.17. The number of hydrogen-bond acceptors (Lipinski definition) is 3. The summed E-state index contributed by atoms with van der Waals surface area (Å²) in [7, 11) is 0. The molecule has 0 aliphatic carbocycles. The van der Waals surface area contributed by atoms with Crippen LogP contribution >= 0.6 is 0 Å². The number of benzene rings is 2. The first-order chi connectivity index (χ1) is 13.0. The molecule has 0 heterocycles. The van der Waals surface area contributed by atoms with Crippen molar-refractivity contribution in [3.05, 3.63) is 70.8 Å². The fourth-order valence-electron chi connectivity index (χ4n) is 2.89. The molecule has 0 fully saturated rings. The second kappa shape index (κ2) is 8.32. The van der Waals surface area contributed by atoms with Crippen LogP contribution in [0.5, 0.6) is 0 Å². The lowest BCUT2D eigenvalue weighted by Gasteiger charge is -2.26. The van der Waals surface area contributed by atoms with Gasteiger partial charge in [0.05, 0.1) is 0 Å². The van der Waals surface area contributed by atoms with Gasteiger partial charge in [-0.25, -0.2) is 0 Å². The standard InChI is InChI=1S/C19H18F6N2O/c20-18(21,22)15(13-5-1-11(9-26)2-6-13)17(28)16(19(23,24)25)14-7-3-12(10-27)4-8-14/h1-8,15-16H,9-10,26-27H2. The number of carbonyl (C=O) groups excluding carboxylic acids is 1. The van der Waals surface area contributed by atoms with Crippen LogP contribution in [0, 0.1) is 0 Å². The summed E-state index contributed by atoms with van der Waals surface area (Å²) in [5, 5.41) is 0. The molecular formula is C19H18F6N2O. The van der Waals surface area contributed by atoms with E-state index in [4.69, 9.17) is 11.5 Å². The van der Waals surface area contributed by atoms with Gasteiger partial charge in [0, 0.05) is 13.1 Å². The molecule has 2 unspecified atom stereocenters. The molecule has 152 valence electrons. The van der Waals surface area contributed by atoms with Gasteiger partial charge in [-0.3, -0.25) is 4.79 Å². The minimum Gasteiger partial charge on any atom is -0.326 e. The van der Waals surface area contributed by atoms with Crippen LogP contribution in [0.25, 0.3) is 0 Å². The fourth-order valence-corrected chi connectivity index (χ4v) is 2.89. The zero-order valence-electron chi connectivity index (χ0n) is 14.5. The van der Waals surface area contributed by atoms with Crippen molar-refractivity contribution < 1.29 is 31.1 Å². The Hall–Kier alpha value is -2.39. The van der Waals surface area contributed by atoms with Gasteiger partial charge in [-0.15, -0.1) is 0 Å². The SMILES string of the molecule is NCc1ccc(C(C(=O)C(c2ccc(CN)cc2)C(F)(F)F)C(F)(F)F)cc1. The van der Waals surface area contributed by atoms with Crippen LogP contribution < -0.4 is 11.5 Å². The molecule has 0 radical (unpaired) electrons. The van der Waals surface area contributed by atoms with Crippen molar-refractivity contribution in [1.82, 2.24) is 0 Å². The number of hydrogen-bond donors (Lipinski definition) is 2. The number of nitrogens with two attached hydrogens (primary N) is 2. The van der Waals surface area contributed by atoms with Gasteiger partial charge in [0.25, 0.3) is 0 Å².